The Morgan fingerprint density at radius 1 is 1.26 bits per heavy atom. The van der Waals surface area contributed by atoms with Gasteiger partial charge in [0, 0.05) is 35.6 Å². The Kier molecular flexibility index (Phi) is 5.25. The number of ether oxygens (including phenoxy) is 1. The second-order valence-electron chi connectivity index (χ2n) is 6.83. The predicted octanol–water partition coefficient (Wildman–Crippen LogP) is 4.18. The maximum Gasteiger partial charge on any atom is 0.257 e. The van der Waals surface area contributed by atoms with Crippen molar-refractivity contribution in [3.8, 4) is 5.75 Å². The van der Waals surface area contributed by atoms with Gasteiger partial charge in [-0.3, -0.25) is 9.59 Å². The Balaban J connectivity index is 1.53. The molecule has 2 amide bonds. The zero-order chi connectivity index (χ0) is 18.6. The zero-order valence-electron chi connectivity index (χ0n) is 15.0. The molecule has 2 aromatic rings. The van der Waals surface area contributed by atoms with Crippen LogP contribution in [0.2, 0.25) is 0 Å². The van der Waals surface area contributed by atoms with E-state index < -0.39 is 0 Å². The van der Waals surface area contributed by atoms with Crippen LogP contribution in [0.4, 0.5) is 5.69 Å². The normalized spacial score (nSPS) is 19.6. The lowest BCUT2D eigenvalue weighted by molar-refractivity contribution is -0.111. The van der Waals surface area contributed by atoms with Gasteiger partial charge in [0.25, 0.3) is 5.91 Å². The number of thiophene rings is 1. The minimum absolute atomic E-state index is 0.000346. The first-order valence-corrected chi connectivity index (χ1v) is 10.2. The van der Waals surface area contributed by atoms with Crippen molar-refractivity contribution in [1.29, 1.82) is 0 Å². The Morgan fingerprint density at radius 2 is 2.19 bits per heavy atom. The Labute approximate surface area is 162 Å². The van der Waals surface area contributed by atoms with E-state index in [1.807, 2.05) is 22.4 Å². The molecule has 0 saturated carbocycles. The van der Waals surface area contributed by atoms with Gasteiger partial charge in [0.1, 0.15) is 5.75 Å². The molecule has 140 valence electrons. The summed E-state index contributed by atoms with van der Waals surface area (Å²) in [4.78, 5) is 28.2. The summed E-state index contributed by atoms with van der Waals surface area (Å²) in [6.07, 6.45) is 7.39. The van der Waals surface area contributed by atoms with Gasteiger partial charge in [-0.2, -0.15) is 0 Å². The molecule has 2 aliphatic heterocycles. The van der Waals surface area contributed by atoms with E-state index in [2.05, 4.69) is 5.32 Å². The van der Waals surface area contributed by atoms with Crippen LogP contribution < -0.4 is 10.1 Å². The van der Waals surface area contributed by atoms with Crippen LogP contribution >= 0.6 is 11.3 Å². The standard InChI is InChI=1S/C21H22N2O3S/c24-20(9-7-17-5-3-13-27-17)22-15-6-8-19-18(14-15)21(25)23-11-2-1-4-16(23)10-12-26-19/h3,5-9,13-14,16H,1-2,4,10-12H2,(H,22,24)/b9-7+. The minimum atomic E-state index is -0.224. The van der Waals surface area contributed by atoms with Gasteiger partial charge in [0.05, 0.1) is 12.2 Å². The molecule has 1 atom stereocenters. The lowest BCUT2D eigenvalue weighted by atomic mass is 9.97. The van der Waals surface area contributed by atoms with Crippen molar-refractivity contribution in [2.45, 2.75) is 31.7 Å². The summed E-state index contributed by atoms with van der Waals surface area (Å²) in [6, 6.07) is 9.42. The number of nitrogens with zero attached hydrogens (tertiary/aromatic N) is 1. The SMILES string of the molecule is O=C(/C=C/c1cccs1)Nc1ccc2c(c1)C(=O)N1CCCCC1CCO2. The fraction of sp³-hybridized carbons (Fsp3) is 0.333. The molecule has 3 heterocycles. The highest BCUT2D eigenvalue weighted by Gasteiger charge is 2.31. The van der Waals surface area contributed by atoms with Crippen LogP contribution in [0.1, 0.15) is 40.9 Å². The third-order valence-electron chi connectivity index (χ3n) is 5.02. The van der Waals surface area contributed by atoms with Crippen LogP contribution in [0.25, 0.3) is 6.08 Å². The van der Waals surface area contributed by atoms with Gasteiger partial charge < -0.3 is 15.0 Å². The average Bonchev–Trinajstić information content (AvgIpc) is 3.20. The van der Waals surface area contributed by atoms with E-state index in [-0.39, 0.29) is 17.9 Å². The zero-order valence-corrected chi connectivity index (χ0v) is 15.8. The molecule has 2 aliphatic rings. The van der Waals surface area contributed by atoms with E-state index in [0.29, 0.717) is 23.6 Å². The van der Waals surface area contributed by atoms with Crippen molar-refractivity contribution >= 4 is 34.9 Å². The molecule has 5 nitrogen and oxygen atoms in total. The van der Waals surface area contributed by atoms with Crippen LogP contribution in [-0.4, -0.2) is 35.9 Å². The van der Waals surface area contributed by atoms with Gasteiger partial charge in [0.2, 0.25) is 5.91 Å². The van der Waals surface area contributed by atoms with Crippen molar-refractivity contribution in [2.75, 3.05) is 18.5 Å². The van der Waals surface area contributed by atoms with E-state index in [1.54, 1.807) is 35.6 Å². The first-order valence-electron chi connectivity index (χ1n) is 9.31. The van der Waals surface area contributed by atoms with Crippen LogP contribution in [0.15, 0.2) is 41.8 Å². The number of anilines is 1. The number of hydrogen-bond acceptors (Lipinski definition) is 4. The van der Waals surface area contributed by atoms with E-state index in [0.717, 1.165) is 37.1 Å². The molecule has 1 saturated heterocycles. The number of nitrogens with one attached hydrogen (secondary N) is 1. The molecule has 6 heteroatoms. The van der Waals surface area contributed by atoms with Crippen molar-refractivity contribution < 1.29 is 14.3 Å². The first-order chi connectivity index (χ1) is 13.2. The summed E-state index contributed by atoms with van der Waals surface area (Å²) < 4.78 is 5.83. The lowest BCUT2D eigenvalue weighted by Gasteiger charge is -2.37. The second-order valence-corrected chi connectivity index (χ2v) is 7.81. The van der Waals surface area contributed by atoms with Crippen molar-refractivity contribution in [2.24, 2.45) is 0 Å². The molecular formula is C21H22N2O3S. The quantitative estimate of drug-likeness (QED) is 0.811. The topological polar surface area (TPSA) is 58.6 Å². The molecule has 27 heavy (non-hydrogen) atoms. The highest BCUT2D eigenvalue weighted by atomic mass is 32.1. The van der Waals surface area contributed by atoms with Crippen molar-refractivity contribution in [3.63, 3.8) is 0 Å². The van der Waals surface area contributed by atoms with Gasteiger partial charge in [-0.15, -0.1) is 11.3 Å². The summed E-state index contributed by atoms with van der Waals surface area (Å²) in [6.45, 7) is 1.40. The number of hydrogen-bond donors (Lipinski definition) is 1. The Bertz CT molecular complexity index is 860. The van der Waals surface area contributed by atoms with Crippen molar-refractivity contribution in [3.05, 3.63) is 52.2 Å². The van der Waals surface area contributed by atoms with Crippen LogP contribution in [-0.2, 0) is 4.79 Å². The molecular weight excluding hydrogens is 360 g/mol. The van der Waals surface area contributed by atoms with Gasteiger partial charge in [-0.1, -0.05) is 6.07 Å². The summed E-state index contributed by atoms with van der Waals surface area (Å²) in [5, 5.41) is 4.80. The van der Waals surface area contributed by atoms with Crippen molar-refractivity contribution in [1.82, 2.24) is 4.90 Å². The van der Waals surface area contributed by atoms with Gasteiger partial charge in [0.15, 0.2) is 0 Å². The fourth-order valence-corrected chi connectivity index (χ4v) is 4.27. The number of fused-ring (bicyclic) bond motifs is 2. The molecule has 0 bridgehead atoms. The summed E-state index contributed by atoms with van der Waals surface area (Å²) in [5.74, 6) is 0.370. The lowest BCUT2D eigenvalue weighted by Crippen LogP contribution is -2.45. The van der Waals surface area contributed by atoms with Crippen LogP contribution in [0.3, 0.4) is 0 Å². The molecule has 1 aromatic heterocycles. The molecule has 1 unspecified atom stereocenters. The van der Waals surface area contributed by atoms with E-state index >= 15 is 0 Å². The van der Waals surface area contributed by atoms with Gasteiger partial charge in [-0.25, -0.2) is 0 Å². The number of carbonyl (C=O) groups excluding carboxylic acids is 2. The Morgan fingerprint density at radius 3 is 3.04 bits per heavy atom. The van der Waals surface area contributed by atoms with Gasteiger partial charge >= 0.3 is 0 Å². The number of amides is 2. The highest BCUT2D eigenvalue weighted by molar-refractivity contribution is 7.10. The molecule has 4 rings (SSSR count). The van der Waals surface area contributed by atoms with E-state index in [1.165, 1.54) is 6.08 Å². The third-order valence-corrected chi connectivity index (χ3v) is 5.85. The number of benzene rings is 1. The second kappa shape index (κ2) is 7.96. The van der Waals surface area contributed by atoms with E-state index in [4.69, 9.17) is 4.74 Å². The molecule has 0 spiro atoms. The fourth-order valence-electron chi connectivity index (χ4n) is 3.66. The molecule has 0 radical (unpaired) electrons. The third kappa shape index (κ3) is 4.06. The highest BCUT2D eigenvalue weighted by Crippen LogP contribution is 2.30. The largest absolute Gasteiger partial charge is 0.493 e. The summed E-state index contributed by atoms with van der Waals surface area (Å²) >= 11 is 1.57. The smallest absolute Gasteiger partial charge is 0.257 e. The Hall–Kier alpha value is -2.60. The minimum Gasteiger partial charge on any atom is -0.493 e. The summed E-state index contributed by atoms with van der Waals surface area (Å²) in [7, 11) is 0. The molecule has 0 aliphatic carbocycles. The molecule has 1 fully saturated rings. The van der Waals surface area contributed by atoms with E-state index in [9.17, 15) is 9.59 Å². The molecule has 1 aromatic carbocycles. The monoisotopic (exact) mass is 382 g/mol. The number of rotatable bonds is 3. The molecule has 1 N–H and O–H groups in total. The van der Waals surface area contributed by atoms with Crippen LogP contribution in [0, 0.1) is 0 Å². The predicted molar refractivity (Wildman–Crippen MR) is 107 cm³/mol. The number of piperidine rings is 1. The number of carbonyl (C=O) groups is 2. The van der Waals surface area contributed by atoms with Gasteiger partial charge in [-0.05, 0) is 55.0 Å². The maximum atomic E-state index is 13.1. The first kappa shape index (κ1) is 17.8. The average molecular weight is 382 g/mol. The maximum absolute atomic E-state index is 13.1. The van der Waals surface area contributed by atoms with Crippen LogP contribution in [0.5, 0.6) is 5.75 Å². The summed E-state index contributed by atoms with van der Waals surface area (Å²) in [5.41, 5.74) is 1.13.